The SMILES string of the molecule is CS(=O)(=O)c1cccc(C(=O)NC2CCCCC2CO)c1. The first kappa shape index (κ1) is 16.0. The van der Waals surface area contributed by atoms with Crippen LogP contribution in [0.3, 0.4) is 0 Å². The predicted molar refractivity (Wildman–Crippen MR) is 79.8 cm³/mol. The van der Waals surface area contributed by atoms with Crippen molar-refractivity contribution in [2.75, 3.05) is 12.9 Å². The number of carbonyl (C=O) groups excluding carboxylic acids is 1. The fraction of sp³-hybridized carbons (Fsp3) is 0.533. The highest BCUT2D eigenvalue weighted by Crippen LogP contribution is 2.24. The Balaban J connectivity index is 2.13. The molecule has 6 heteroatoms. The van der Waals surface area contributed by atoms with Crippen LogP contribution in [-0.2, 0) is 9.84 Å². The average Bonchev–Trinajstić information content (AvgIpc) is 2.47. The number of aliphatic hydroxyl groups excluding tert-OH is 1. The lowest BCUT2D eigenvalue weighted by atomic mass is 9.85. The Morgan fingerprint density at radius 1 is 1.33 bits per heavy atom. The van der Waals surface area contributed by atoms with E-state index in [9.17, 15) is 18.3 Å². The molecule has 0 aliphatic heterocycles. The summed E-state index contributed by atoms with van der Waals surface area (Å²) in [6.07, 6.45) is 4.98. The lowest BCUT2D eigenvalue weighted by Gasteiger charge is -2.30. The highest BCUT2D eigenvalue weighted by Gasteiger charge is 2.26. The van der Waals surface area contributed by atoms with Crippen molar-refractivity contribution in [2.24, 2.45) is 5.92 Å². The van der Waals surface area contributed by atoms with E-state index in [-0.39, 0.29) is 29.4 Å². The van der Waals surface area contributed by atoms with Gasteiger partial charge >= 0.3 is 0 Å². The summed E-state index contributed by atoms with van der Waals surface area (Å²) in [4.78, 5) is 12.4. The maximum Gasteiger partial charge on any atom is 0.251 e. The zero-order valence-corrected chi connectivity index (χ0v) is 12.9. The van der Waals surface area contributed by atoms with Crippen LogP contribution < -0.4 is 5.32 Å². The van der Waals surface area contributed by atoms with E-state index in [0.29, 0.717) is 5.56 Å². The Morgan fingerprint density at radius 3 is 2.71 bits per heavy atom. The minimum absolute atomic E-state index is 0.0434. The second-order valence-corrected chi connectivity index (χ2v) is 7.62. The molecule has 2 atom stereocenters. The van der Waals surface area contributed by atoms with E-state index in [1.54, 1.807) is 12.1 Å². The molecule has 1 amide bonds. The summed E-state index contributed by atoms with van der Waals surface area (Å²) < 4.78 is 23.1. The summed E-state index contributed by atoms with van der Waals surface area (Å²) in [5.74, 6) is -0.202. The molecule has 2 rings (SSSR count). The highest BCUT2D eigenvalue weighted by molar-refractivity contribution is 7.90. The molecule has 1 aliphatic carbocycles. The van der Waals surface area contributed by atoms with Gasteiger partial charge in [0.1, 0.15) is 0 Å². The van der Waals surface area contributed by atoms with Crippen molar-refractivity contribution in [3.63, 3.8) is 0 Å². The van der Waals surface area contributed by atoms with Gasteiger partial charge in [0, 0.05) is 30.4 Å². The number of rotatable bonds is 4. The lowest BCUT2D eigenvalue weighted by molar-refractivity contribution is 0.0872. The Bertz CT molecular complexity index is 612. The number of hydrogen-bond donors (Lipinski definition) is 2. The third-order valence-corrected chi connectivity index (χ3v) is 5.09. The molecule has 0 bridgehead atoms. The van der Waals surface area contributed by atoms with E-state index < -0.39 is 9.84 Å². The quantitative estimate of drug-likeness (QED) is 0.880. The van der Waals surface area contributed by atoms with Crippen molar-refractivity contribution in [2.45, 2.75) is 36.6 Å². The minimum Gasteiger partial charge on any atom is -0.396 e. The Morgan fingerprint density at radius 2 is 2.05 bits per heavy atom. The zero-order chi connectivity index (χ0) is 15.5. The standard InChI is InChI=1S/C15H21NO4S/c1-21(19,20)13-7-4-6-11(9-13)15(18)16-14-8-3-2-5-12(14)10-17/h4,6-7,9,12,14,17H,2-3,5,8,10H2,1H3,(H,16,18). The van der Waals surface area contributed by atoms with Gasteiger partial charge < -0.3 is 10.4 Å². The minimum atomic E-state index is -3.33. The number of hydrogen-bond acceptors (Lipinski definition) is 4. The van der Waals surface area contributed by atoms with Gasteiger partial charge in [-0.05, 0) is 31.0 Å². The van der Waals surface area contributed by atoms with E-state index in [1.165, 1.54) is 12.1 Å². The van der Waals surface area contributed by atoms with Crippen molar-refractivity contribution >= 4 is 15.7 Å². The molecule has 1 aromatic carbocycles. The molecule has 1 fully saturated rings. The van der Waals surface area contributed by atoms with Gasteiger partial charge in [-0.25, -0.2) is 8.42 Å². The van der Waals surface area contributed by atoms with Gasteiger partial charge in [0.2, 0.25) is 0 Å². The summed E-state index contributed by atoms with van der Waals surface area (Å²) in [7, 11) is -3.33. The summed E-state index contributed by atoms with van der Waals surface area (Å²) in [5, 5.41) is 12.3. The van der Waals surface area contributed by atoms with Crippen molar-refractivity contribution in [3.05, 3.63) is 29.8 Å². The maximum absolute atomic E-state index is 12.3. The number of aliphatic hydroxyl groups is 1. The summed E-state index contributed by atoms with van der Waals surface area (Å²) in [6.45, 7) is 0.0638. The molecule has 0 heterocycles. The average molecular weight is 311 g/mol. The van der Waals surface area contributed by atoms with Gasteiger partial charge in [0.25, 0.3) is 5.91 Å². The second kappa shape index (κ2) is 6.58. The van der Waals surface area contributed by atoms with Crippen LogP contribution in [0, 0.1) is 5.92 Å². The Kier molecular flexibility index (Phi) is 5.00. The van der Waals surface area contributed by atoms with E-state index in [2.05, 4.69) is 5.32 Å². The first-order valence-corrected chi connectivity index (χ1v) is 9.03. The molecule has 21 heavy (non-hydrogen) atoms. The zero-order valence-electron chi connectivity index (χ0n) is 12.1. The number of amides is 1. The van der Waals surface area contributed by atoms with Crippen molar-refractivity contribution in [1.82, 2.24) is 5.32 Å². The van der Waals surface area contributed by atoms with Crippen LogP contribution >= 0.6 is 0 Å². The van der Waals surface area contributed by atoms with E-state index in [1.807, 2.05) is 0 Å². The topological polar surface area (TPSA) is 83.5 Å². The van der Waals surface area contributed by atoms with E-state index in [0.717, 1.165) is 31.9 Å². The largest absolute Gasteiger partial charge is 0.396 e. The van der Waals surface area contributed by atoms with Crippen LogP contribution in [0.1, 0.15) is 36.0 Å². The second-order valence-electron chi connectivity index (χ2n) is 5.61. The van der Waals surface area contributed by atoms with Crippen LogP contribution in [0.25, 0.3) is 0 Å². The van der Waals surface area contributed by atoms with E-state index >= 15 is 0 Å². The molecule has 1 aliphatic rings. The Hall–Kier alpha value is -1.40. The highest BCUT2D eigenvalue weighted by atomic mass is 32.2. The van der Waals surface area contributed by atoms with Crippen molar-refractivity contribution in [1.29, 1.82) is 0 Å². The molecule has 2 unspecified atom stereocenters. The molecule has 116 valence electrons. The first-order chi connectivity index (χ1) is 9.91. The van der Waals surface area contributed by atoms with Crippen molar-refractivity contribution < 1.29 is 18.3 Å². The molecular formula is C15H21NO4S. The van der Waals surface area contributed by atoms with Gasteiger partial charge in [-0.15, -0.1) is 0 Å². The number of carbonyl (C=O) groups is 1. The number of benzene rings is 1. The molecule has 0 aromatic heterocycles. The van der Waals surface area contributed by atoms with Crippen LogP contribution in [0.5, 0.6) is 0 Å². The molecule has 0 saturated heterocycles. The molecule has 0 spiro atoms. The van der Waals surface area contributed by atoms with Gasteiger partial charge in [-0.1, -0.05) is 18.9 Å². The summed E-state index contributed by atoms with van der Waals surface area (Å²) in [6, 6.07) is 5.99. The van der Waals surface area contributed by atoms with Crippen LogP contribution in [0.2, 0.25) is 0 Å². The molecule has 1 saturated carbocycles. The third-order valence-electron chi connectivity index (χ3n) is 3.98. The normalized spacial score (nSPS) is 22.8. The first-order valence-electron chi connectivity index (χ1n) is 7.13. The number of sulfone groups is 1. The smallest absolute Gasteiger partial charge is 0.251 e. The van der Waals surface area contributed by atoms with Gasteiger partial charge in [-0.3, -0.25) is 4.79 Å². The fourth-order valence-corrected chi connectivity index (χ4v) is 3.40. The van der Waals surface area contributed by atoms with Crippen LogP contribution in [-0.4, -0.2) is 38.3 Å². The molecule has 1 aromatic rings. The molecule has 5 nitrogen and oxygen atoms in total. The third kappa shape index (κ3) is 4.04. The van der Waals surface area contributed by atoms with Crippen LogP contribution in [0.4, 0.5) is 0 Å². The lowest BCUT2D eigenvalue weighted by Crippen LogP contribution is -2.43. The van der Waals surface area contributed by atoms with Gasteiger partial charge in [0.05, 0.1) is 4.90 Å². The van der Waals surface area contributed by atoms with Gasteiger partial charge in [-0.2, -0.15) is 0 Å². The fourth-order valence-electron chi connectivity index (χ4n) is 2.74. The predicted octanol–water partition coefficient (Wildman–Crippen LogP) is 1.37. The van der Waals surface area contributed by atoms with Gasteiger partial charge in [0.15, 0.2) is 9.84 Å². The maximum atomic E-state index is 12.3. The molecular weight excluding hydrogens is 290 g/mol. The number of nitrogens with one attached hydrogen (secondary N) is 1. The van der Waals surface area contributed by atoms with Crippen molar-refractivity contribution in [3.8, 4) is 0 Å². The molecule has 0 radical (unpaired) electrons. The van der Waals surface area contributed by atoms with Crippen LogP contribution in [0.15, 0.2) is 29.2 Å². The monoisotopic (exact) mass is 311 g/mol. The summed E-state index contributed by atoms with van der Waals surface area (Å²) >= 11 is 0. The van der Waals surface area contributed by atoms with E-state index in [4.69, 9.17) is 0 Å². The summed E-state index contributed by atoms with van der Waals surface area (Å²) in [5.41, 5.74) is 0.334. The Labute approximate surface area is 125 Å². The molecule has 2 N–H and O–H groups in total.